The van der Waals surface area contributed by atoms with E-state index in [1.165, 1.54) is 0 Å². The molecule has 0 saturated heterocycles. The molecule has 0 spiro atoms. The number of aryl methyl sites for hydroxylation is 1. The number of hydrogen-bond donors (Lipinski definition) is 0. The molecule has 0 atom stereocenters. The molecule has 4 heteroatoms. The van der Waals surface area contributed by atoms with Crippen LogP contribution in [-0.4, -0.2) is 6.61 Å². The lowest BCUT2D eigenvalue weighted by atomic mass is 10.1. The molecular weight excluding hydrogens is 254 g/mol. The van der Waals surface area contributed by atoms with Crippen LogP contribution in [0, 0.1) is 0 Å². The summed E-state index contributed by atoms with van der Waals surface area (Å²) in [6.45, 7) is -0.0237. The first-order chi connectivity index (χ1) is 7.04. The third-order valence-electron chi connectivity index (χ3n) is 2.11. The molecule has 0 saturated carbocycles. The standard InChI is InChI=1S/C11H12Cl3O/c12-11(13,14)10-6-3-5-9(8-10)4-1-2-7-15/h3,5-6,8H,1-2,4,7H2. The van der Waals surface area contributed by atoms with Crippen molar-refractivity contribution >= 4 is 34.8 Å². The van der Waals surface area contributed by atoms with Crippen molar-refractivity contribution in [1.29, 1.82) is 0 Å². The summed E-state index contributed by atoms with van der Waals surface area (Å²) in [5, 5.41) is 10.3. The van der Waals surface area contributed by atoms with Crippen LogP contribution >= 0.6 is 34.8 Å². The molecule has 1 nitrogen and oxygen atoms in total. The normalized spacial score (nSPS) is 11.7. The molecule has 0 bridgehead atoms. The predicted molar refractivity (Wildman–Crippen MR) is 64.2 cm³/mol. The molecule has 0 unspecified atom stereocenters. The van der Waals surface area contributed by atoms with Gasteiger partial charge in [0.2, 0.25) is 3.79 Å². The second-order valence-corrected chi connectivity index (χ2v) is 5.64. The van der Waals surface area contributed by atoms with Gasteiger partial charge in [-0.15, -0.1) is 0 Å². The Bertz CT molecular complexity index is 307. The molecule has 0 heterocycles. The molecule has 0 aliphatic carbocycles. The third-order valence-corrected chi connectivity index (χ3v) is 2.77. The van der Waals surface area contributed by atoms with Gasteiger partial charge in [0.1, 0.15) is 0 Å². The van der Waals surface area contributed by atoms with Gasteiger partial charge in [-0.05, 0) is 24.8 Å². The number of rotatable bonds is 4. The first-order valence-corrected chi connectivity index (χ1v) is 5.91. The van der Waals surface area contributed by atoms with Gasteiger partial charge in [0.15, 0.2) is 0 Å². The fraction of sp³-hybridized carbons (Fsp3) is 0.455. The Labute approximate surface area is 105 Å². The van der Waals surface area contributed by atoms with E-state index in [1.807, 2.05) is 18.2 Å². The summed E-state index contributed by atoms with van der Waals surface area (Å²) in [6.07, 6.45) is 2.43. The summed E-state index contributed by atoms with van der Waals surface area (Å²) in [5.41, 5.74) is 1.78. The van der Waals surface area contributed by atoms with E-state index >= 15 is 0 Å². The molecule has 1 aromatic rings. The van der Waals surface area contributed by atoms with Crippen molar-refractivity contribution in [3.05, 3.63) is 35.4 Å². The molecule has 1 rings (SSSR count). The summed E-state index contributed by atoms with van der Waals surface area (Å²) in [6, 6.07) is 7.50. The summed E-state index contributed by atoms with van der Waals surface area (Å²) < 4.78 is -1.37. The monoisotopic (exact) mass is 265 g/mol. The van der Waals surface area contributed by atoms with Crippen LogP contribution in [-0.2, 0) is 15.3 Å². The minimum atomic E-state index is -1.37. The molecule has 0 amide bonds. The smallest absolute Gasteiger partial charge is 0.216 e. The zero-order valence-corrected chi connectivity index (χ0v) is 10.4. The van der Waals surface area contributed by atoms with E-state index in [2.05, 4.69) is 0 Å². The Hall–Kier alpha value is 0.0500. The number of unbranched alkanes of at least 4 members (excludes halogenated alkanes) is 1. The minimum absolute atomic E-state index is 0.0237. The van der Waals surface area contributed by atoms with E-state index < -0.39 is 3.79 Å². The van der Waals surface area contributed by atoms with Crippen LogP contribution in [0.15, 0.2) is 24.3 Å². The van der Waals surface area contributed by atoms with Crippen molar-refractivity contribution < 1.29 is 5.11 Å². The van der Waals surface area contributed by atoms with Gasteiger partial charge >= 0.3 is 0 Å². The minimum Gasteiger partial charge on any atom is -0.237 e. The molecule has 0 N–H and O–H groups in total. The van der Waals surface area contributed by atoms with Gasteiger partial charge in [0, 0.05) is 5.56 Å². The maximum Gasteiger partial charge on any atom is 0.216 e. The van der Waals surface area contributed by atoms with E-state index in [0.29, 0.717) is 12.0 Å². The van der Waals surface area contributed by atoms with Crippen LogP contribution in [0.4, 0.5) is 0 Å². The second kappa shape index (κ2) is 5.95. The highest BCUT2D eigenvalue weighted by Crippen LogP contribution is 2.38. The molecule has 0 aliphatic heterocycles. The topological polar surface area (TPSA) is 19.9 Å². The van der Waals surface area contributed by atoms with Crippen molar-refractivity contribution in [3.8, 4) is 0 Å². The van der Waals surface area contributed by atoms with E-state index in [4.69, 9.17) is 34.8 Å². The van der Waals surface area contributed by atoms with Crippen molar-refractivity contribution in [3.63, 3.8) is 0 Å². The van der Waals surface area contributed by atoms with Gasteiger partial charge in [-0.25, -0.2) is 5.11 Å². The van der Waals surface area contributed by atoms with Crippen LogP contribution in [0.1, 0.15) is 24.0 Å². The molecule has 0 fully saturated rings. The van der Waals surface area contributed by atoms with E-state index in [-0.39, 0.29) is 6.61 Å². The predicted octanol–water partition coefficient (Wildman–Crippen LogP) is 4.27. The second-order valence-electron chi connectivity index (χ2n) is 3.36. The van der Waals surface area contributed by atoms with Crippen LogP contribution < -0.4 is 0 Å². The SMILES string of the molecule is [O]CCCCc1cccc(C(Cl)(Cl)Cl)c1. The lowest BCUT2D eigenvalue weighted by Crippen LogP contribution is -2.00. The third kappa shape index (κ3) is 4.60. The zero-order valence-electron chi connectivity index (χ0n) is 8.18. The first kappa shape index (κ1) is 13.1. The van der Waals surface area contributed by atoms with Gasteiger partial charge in [0.25, 0.3) is 0 Å². The van der Waals surface area contributed by atoms with E-state index in [9.17, 15) is 5.11 Å². The van der Waals surface area contributed by atoms with Gasteiger partial charge in [-0.1, -0.05) is 59.1 Å². The summed E-state index contributed by atoms with van der Waals surface area (Å²) in [7, 11) is 0. The Morgan fingerprint density at radius 2 is 1.87 bits per heavy atom. The average molecular weight is 267 g/mol. The fourth-order valence-electron chi connectivity index (χ4n) is 1.33. The molecule has 1 radical (unpaired) electrons. The maximum absolute atomic E-state index is 10.3. The van der Waals surface area contributed by atoms with Gasteiger partial charge in [-0.2, -0.15) is 0 Å². The Kier molecular flexibility index (Phi) is 5.20. The Balaban J connectivity index is 2.66. The van der Waals surface area contributed by atoms with Crippen molar-refractivity contribution in [2.45, 2.75) is 23.1 Å². The fourth-order valence-corrected chi connectivity index (χ4v) is 1.69. The highest BCUT2D eigenvalue weighted by atomic mass is 35.6. The van der Waals surface area contributed by atoms with Gasteiger partial charge < -0.3 is 0 Å². The molecule has 0 aliphatic rings. The summed E-state index contributed by atoms with van der Waals surface area (Å²) in [5.74, 6) is 0. The van der Waals surface area contributed by atoms with Crippen LogP contribution in [0.3, 0.4) is 0 Å². The number of halogens is 3. The molecule has 83 valence electrons. The molecule has 0 aromatic heterocycles. The van der Waals surface area contributed by atoms with Crippen LogP contribution in [0.25, 0.3) is 0 Å². The van der Waals surface area contributed by atoms with Crippen LogP contribution in [0.5, 0.6) is 0 Å². The Morgan fingerprint density at radius 1 is 1.13 bits per heavy atom. The van der Waals surface area contributed by atoms with E-state index in [1.54, 1.807) is 6.07 Å². The molecular formula is C11H12Cl3O. The zero-order chi connectivity index (χ0) is 11.3. The summed E-state index contributed by atoms with van der Waals surface area (Å²) >= 11 is 17.3. The van der Waals surface area contributed by atoms with Gasteiger partial charge in [-0.3, -0.25) is 0 Å². The van der Waals surface area contributed by atoms with Crippen molar-refractivity contribution in [2.24, 2.45) is 0 Å². The van der Waals surface area contributed by atoms with E-state index in [0.717, 1.165) is 18.4 Å². The number of benzene rings is 1. The lowest BCUT2D eigenvalue weighted by molar-refractivity contribution is 0.187. The highest BCUT2D eigenvalue weighted by Gasteiger charge is 2.22. The molecule has 15 heavy (non-hydrogen) atoms. The number of alkyl halides is 3. The largest absolute Gasteiger partial charge is 0.237 e. The number of hydrogen-bond acceptors (Lipinski definition) is 0. The average Bonchev–Trinajstić information content (AvgIpc) is 2.17. The quantitative estimate of drug-likeness (QED) is 0.573. The Morgan fingerprint density at radius 3 is 2.47 bits per heavy atom. The van der Waals surface area contributed by atoms with Crippen LogP contribution in [0.2, 0.25) is 0 Å². The maximum atomic E-state index is 10.3. The highest BCUT2D eigenvalue weighted by molar-refractivity contribution is 6.66. The van der Waals surface area contributed by atoms with Gasteiger partial charge in [0.05, 0.1) is 6.61 Å². The lowest BCUT2D eigenvalue weighted by Gasteiger charge is -2.12. The molecule has 1 aromatic carbocycles. The summed E-state index contributed by atoms with van der Waals surface area (Å²) in [4.78, 5) is 0. The van der Waals surface area contributed by atoms with Crippen molar-refractivity contribution in [2.75, 3.05) is 6.61 Å². The first-order valence-electron chi connectivity index (χ1n) is 4.78. The van der Waals surface area contributed by atoms with Crippen molar-refractivity contribution in [1.82, 2.24) is 0 Å².